The number of esters is 1. The van der Waals surface area contributed by atoms with Gasteiger partial charge in [-0.05, 0) is 20.3 Å². The van der Waals surface area contributed by atoms with E-state index >= 15 is 0 Å². The molecule has 0 spiro atoms. The monoisotopic (exact) mass is 264 g/mol. The number of hydrogen-bond donors (Lipinski definition) is 2. The molecule has 0 aromatic rings. The zero-order valence-electron chi connectivity index (χ0n) is 11.3. The number of carbonyl (C=O) groups is 1. The Morgan fingerprint density at radius 1 is 1.47 bits per heavy atom. The Labute approximate surface area is 112 Å². The van der Waals surface area contributed by atoms with Crippen molar-refractivity contribution in [2.75, 3.05) is 0 Å². The molecule has 4 heteroatoms. The summed E-state index contributed by atoms with van der Waals surface area (Å²) in [5.74, 6) is -0.819. The van der Waals surface area contributed by atoms with Crippen LogP contribution in [-0.4, -0.2) is 34.0 Å². The van der Waals surface area contributed by atoms with E-state index in [0.717, 1.165) is 12.0 Å². The fraction of sp³-hybridized carbons (Fsp3) is 0.667. The highest BCUT2D eigenvalue weighted by atomic mass is 16.6. The first kappa shape index (κ1) is 12.9. The second kappa shape index (κ2) is 3.93. The summed E-state index contributed by atoms with van der Waals surface area (Å²) in [4.78, 5) is 11.7. The molecule has 1 aliphatic heterocycles. The SMILES string of the molecule is C=C1C(=O)O[C@@H]2[C@H]3C(C)=CC[C@H]3[C@](C)(O)C[C@@H](O)[C@@H]12. The maximum atomic E-state index is 11.7. The van der Waals surface area contributed by atoms with Gasteiger partial charge in [0.25, 0.3) is 0 Å². The Kier molecular flexibility index (Phi) is 2.67. The van der Waals surface area contributed by atoms with Gasteiger partial charge in [0.2, 0.25) is 0 Å². The predicted molar refractivity (Wildman–Crippen MR) is 69.1 cm³/mol. The minimum Gasteiger partial charge on any atom is -0.458 e. The second-order valence-corrected chi connectivity index (χ2v) is 6.37. The fourth-order valence-corrected chi connectivity index (χ4v) is 4.10. The van der Waals surface area contributed by atoms with Crippen LogP contribution in [0.3, 0.4) is 0 Å². The normalized spacial score (nSPS) is 49.3. The Balaban J connectivity index is 2.06. The lowest BCUT2D eigenvalue weighted by molar-refractivity contribution is -0.142. The molecule has 0 amide bonds. The van der Waals surface area contributed by atoms with Crippen molar-refractivity contribution in [3.05, 3.63) is 23.8 Å². The standard InChI is InChI=1S/C15H20O4/c1-7-4-5-9-11(7)13-12(8(2)14(17)19-13)10(16)6-15(9,3)18/h4,9-13,16,18H,2,5-6H2,1,3H3/t9-,10-,11+,12-,13-,15-/m1/s1. The molecule has 3 aliphatic rings. The van der Waals surface area contributed by atoms with Crippen LogP contribution in [0.15, 0.2) is 23.8 Å². The van der Waals surface area contributed by atoms with Gasteiger partial charge in [0.05, 0.1) is 17.6 Å². The van der Waals surface area contributed by atoms with E-state index in [9.17, 15) is 15.0 Å². The van der Waals surface area contributed by atoms with Crippen LogP contribution in [0.4, 0.5) is 0 Å². The van der Waals surface area contributed by atoms with Crippen LogP contribution in [0.5, 0.6) is 0 Å². The Hall–Kier alpha value is -1.13. The first-order valence-corrected chi connectivity index (χ1v) is 6.80. The summed E-state index contributed by atoms with van der Waals surface area (Å²) in [7, 11) is 0. The molecule has 0 radical (unpaired) electrons. The molecular formula is C15H20O4. The van der Waals surface area contributed by atoms with E-state index in [0.29, 0.717) is 5.57 Å². The van der Waals surface area contributed by atoms with Crippen LogP contribution in [0.2, 0.25) is 0 Å². The second-order valence-electron chi connectivity index (χ2n) is 6.37. The van der Waals surface area contributed by atoms with Gasteiger partial charge in [-0.1, -0.05) is 18.2 Å². The van der Waals surface area contributed by atoms with Crippen molar-refractivity contribution in [3.63, 3.8) is 0 Å². The van der Waals surface area contributed by atoms with Crippen LogP contribution < -0.4 is 0 Å². The highest BCUT2D eigenvalue weighted by molar-refractivity contribution is 5.91. The summed E-state index contributed by atoms with van der Waals surface area (Å²) in [6.07, 6.45) is 1.97. The Morgan fingerprint density at radius 3 is 2.84 bits per heavy atom. The smallest absolute Gasteiger partial charge is 0.334 e. The zero-order valence-corrected chi connectivity index (χ0v) is 11.3. The van der Waals surface area contributed by atoms with E-state index in [1.807, 2.05) is 6.92 Å². The van der Waals surface area contributed by atoms with E-state index < -0.39 is 23.6 Å². The largest absolute Gasteiger partial charge is 0.458 e. The lowest BCUT2D eigenvalue weighted by Gasteiger charge is -2.34. The Morgan fingerprint density at radius 2 is 2.16 bits per heavy atom. The third kappa shape index (κ3) is 1.70. The molecule has 1 saturated heterocycles. The molecular weight excluding hydrogens is 244 g/mol. The van der Waals surface area contributed by atoms with Gasteiger partial charge in [0.15, 0.2) is 0 Å². The summed E-state index contributed by atoms with van der Waals surface area (Å²) in [5, 5.41) is 21.0. The molecule has 3 rings (SSSR count). The molecule has 2 N–H and O–H groups in total. The van der Waals surface area contributed by atoms with Gasteiger partial charge in [-0.2, -0.15) is 0 Å². The van der Waals surface area contributed by atoms with Gasteiger partial charge >= 0.3 is 5.97 Å². The van der Waals surface area contributed by atoms with E-state index in [1.54, 1.807) is 6.92 Å². The number of ether oxygens (including phenoxy) is 1. The minimum absolute atomic E-state index is 0.00384. The molecule has 1 saturated carbocycles. The maximum absolute atomic E-state index is 11.7. The third-order valence-corrected chi connectivity index (χ3v) is 5.10. The van der Waals surface area contributed by atoms with Crippen molar-refractivity contribution >= 4 is 5.97 Å². The summed E-state index contributed by atoms with van der Waals surface area (Å²) in [5.41, 5.74) is 0.528. The molecule has 0 aromatic heterocycles. The minimum atomic E-state index is -0.949. The summed E-state index contributed by atoms with van der Waals surface area (Å²) < 4.78 is 5.46. The van der Waals surface area contributed by atoms with Crippen LogP contribution >= 0.6 is 0 Å². The molecule has 2 aliphatic carbocycles. The van der Waals surface area contributed by atoms with Crippen molar-refractivity contribution in [1.29, 1.82) is 0 Å². The lowest BCUT2D eigenvalue weighted by atomic mass is 9.76. The van der Waals surface area contributed by atoms with Gasteiger partial charge in [-0.25, -0.2) is 4.79 Å². The van der Waals surface area contributed by atoms with E-state index in [2.05, 4.69) is 12.7 Å². The quantitative estimate of drug-likeness (QED) is 0.392. The van der Waals surface area contributed by atoms with E-state index in [4.69, 9.17) is 4.74 Å². The molecule has 4 nitrogen and oxygen atoms in total. The average Bonchev–Trinajstić information content (AvgIpc) is 2.78. The summed E-state index contributed by atoms with van der Waals surface area (Å²) >= 11 is 0. The number of hydrogen-bond acceptors (Lipinski definition) is 4. The number of carbonyl (C=O) groups excluding carboxylic acids is 1. The number of fused-ring (bicyclic) bond motifs is 3. The molecule has 0 bridgehead atoms. The Bertz CT molecular complexity index is 477. The fourth-order valence-electron chi connectivity index (χ4n) is 4.10. The molecule has 2 fully saturated rings. The van der Waals surface area contributed by atoms with Crippen molar-refractivity contribution in [2.24, 2.45) is 17.8 Å². The zero-order chi connectivity index (χ0) is 13.9. The summed E-state index contributed by atoms with van der Waals surface area (Å²) in [6.45, 7) is 7.54. The lowest BCUT2D eigenvalue weighted by Crippen LogP contribution is -2.40. The van der Waals surface area contributed by atoms with Gasteiger partial charge in [-0.3, -0.25) is 0 Å². The first-order chi connectivity index (χ1) is 8.83. The van der Waals surface area contributed by atoms with Crippen molar-refractivity contribution in [3.8, 4) is 0 Å². The maximum Gasteiger partial charge on any atom is 0.334 e. The average molecular weight is 264 g/mol. The number of aliphatic hydroxyl groups excluding tert-OH is 1. The van der Waals surface area contributed by atoms with E-state index in [1.165, 1.54) is 0 Å². The number of allylic oxidation sites excluding steroid dienone is 1. The molecule has 0 unspecified atom stereocenters. The molecule has 1 heterocycles. The number of rotatable bonds is 0. The highest BCUT2D eigenvalue weighted by Crippen LogP contribution is 2.51. The predicted octanol–water partition coefficient (Wildman–Crippen LogP) is 1.18. The van der Waals surface area contributed by atoms with Gasteiger partial charge in [0, 0.05) is 23.8 Å². The summed E-state index contributed by atoms with van der Waals surface area (Å²) in [6, 6.07) is 0. The van der Waals surface area contributed by atoms with Crippen molar-refractivity contribution in [1.82, 2.24) is 0 Å². The van der Waals surface area contributed by atoms with Gasteiger partial charge in [-0.15, -0.1) is 0 Å². The third-order valence-electron chi connectivity index (χ3n) is 5.10. The van der Waals surface area contributed by atoms with Crippen LogP contribution in [-0.2, 0) is 9.53 Å². The van der Waals surface area contributed by atoms with Crippen molar-refractivity contribution < 1.29 is 19.7 Å². The van der Waals surface area contributed by atoms with Crippen LogP contribution in [0.1, 0.15) is 26.7 Å². The van der Waals surface area contributed by atoms with Crippen LogP contribution in [0, 0.1) is 17.8 Å². The molecule has 19 heavy (non-hydrogen) atoms. The van der Waals surface area contributed by atoms with Gasteiger partial charge in [0.1, 0.15) is 6.10 Å². The molecule has 0 aromatic carbocycles. The van der Waals surface area contributed by atoms with Gasteiger partial charge < -0.3 is 14.9 Å². The molecule has 104 valence electrons. The van der Waals surface area contributed by atoms with E-state index in [-0.39, 0.29) is 24.4 Å². The molecule has 6 atom stereocenters. The number of aliphatic hydroxyl groups is 2. The van der Waals surface area contributed by atoms with Crippen molar-refractivity contribution in [2.45, 2.75) is 44.5 Å². The first-order valence-electron chi connectivity index (χ1n) is 6.80. The topological polar surface area (TPSA) is 66.8 Å². The van der Waals surface area contributed by atoms with Crippen LogP contribution in [0.25, 0.3) is 0 Å². The highest BCUT2D eigenvalue weighted by Gasteiger charge is 2.57.